The molecule has 0 amide bonds. The van der Waals surface area contributed by atoms with Crippen molar-refractivity contribution in [1.82, 2.24) is 0 Å². The maximum Gasteiger partial charge on any atom is 0.133 e. The number of halogens is 4. The molecule has 2 aromatic carbocycles. The minimum atomic E-state index is 0. The standard InChI is InChI=1S/C28H48N4O2S.4HI/c1-29(2,3)17-21-13-25(14-22(27(21)33)18-30(4,5)6)35-26-15-23(19-31(7,8)9)28(34)24(16-26)20-32(10,11)12;;;;/h13-16H,17-20H2,1-12H3;4*1H/q+2;;;;/p-2. The van der Waals surface area contributed by atoms with Gasteiger partial charge in [0.1, 0.15) is 37.7 Å². The molecule has 2 N–H and O–H groups in total. The zero-order valence-electron chi connectivity index (χ0n) is 25.7. The first-order chi connectivity index (χ1) is 15.6. The molecule has 2 rings (SSSR count). The van der Waals surface area contributed by atoms with Crippen molar-refractivity contribution in [2.24, 2.45) is 0 Å². The summed E-state index contributed by atoms with van der Waals surface area (Å²) in [4.78, 5) is 2.24. The Morgan fingerprint density at radius 3 is 0.769 bits per heavy atom. The van der Waals surface area contributed by atoms with Gasteiger partial charge in [0.05, 0.1) is 84.6 Å². The van der Waals surface area contributed by atoms with Gasteiger partial charge in [-0.25, -0.2) is 0 Å². The Morgan fingerprint density at radius 1 is 0.436 bits per heavy atom. The predicted octanol–water partition coefficient (Wildman–Crippen LogP) is -7.91. The molecule has 0 fully saturated rings. The molecule has 39 heavy (non-hydrogen) atoms. The molecule has 11 heteroatoms. The smallest absolute Gasteiger partial charge is 0.133 e. The highest BCUT2D eigenvalue weighted by atomic mass is 127. The van der Waals surface area contributed by atoms with E-state index in [1.807, 2.05) is 0 Å². The van der Waals surface area contributed by atoms with Crippen molar-refractivity contribution < 1.29 is 124 Å². The van der Waals surface area contributed by atoms with E-state index in [0.29, 0.717) is 11.5 Å². The molecule has 2 aromatic rings. The summed E-state index contributed by atoms with van der Waals surface area (Å²) in [5, 5.41) is 22.2. The van der Waals surface area contributed by atoms with Gasteiger partial charge in [-0.15, -0.1) is 0 Å². The normalized spacial score (nSPS) is 12.0. The van der Waals surface area contributed by atoms with E-state index in [0.717, 1.165) is 76.2 Å². The molecule has 0 spiro atoms. The molecule has 0 radical (unpaired) electrons. The van der Waals surface area contributed by atoms with E-state index >= 15 is 0 Å². The van der Waals surface area contributed by atoms with Crippen molar-refractivity contribution in [3.8, 4) is 11.5 Å². The number of rotatable bonds is 10. The molecule has 0 heterocycles. The number of phenols is 2. The number of quaternary nitrogens is 4. The first-order valence-electron chi connectivity index (χ1n) is 12.2. The Bertz CT molecular complexity index is 900. The zero-order chi connectivity index (χ0) is 27.0. The first kappa shape index (κ1) is 44.6. The second-order valence-electron chi connectivity index (χ2n) is 14.1. The summed E-state index contributed by atoms with van der Waals surface area (Å²) < 4.78 is 2.97. The van der Waals surface area contributed by atoms with Gasteiger partial charge >= 0.3 is 0 Å². The van der Waals surface area contributed by atoms with Crippen molar-refractivity contribution >= 4 is 11.8 Å². The fourth-order valence-electron chi connectivity index (χ4n) is 4.24. The van der Waals surface area contributed by atoms with E-state index in [2.05, 4.69) is 109 Å². The van der Waals surface area contributed by atoms with Gasteiger partial charge in [-0.3, -0.25) is 0 Å². The summed E-state index contributed by atoms with van der Waals surface area (Å²) in [6.07, 6.45) is 0. The Balaban J connectivity index is -0.00000324. The fraction of sp³-hybridized carbons (Fsp3) is 0.571. The summed E-state index contributed by atoms with van der Waals surface area (Å²) in [7, 11) is 25.7. The summed E-state index contributed by atoms with van der Waals surface area (Å²) in [6, 6.07) is 8.53. The third-order valence-electron chi connectivity index (χ3n) is 5.30. The number of benzene rings is 2. The second kappa shape index (κ2) is 16.9. The van der Waals surface area contributed by atoms with Gasteiger partial charge in [-0.2, -0.15) is 0 Å². The third-order valence-corrected chi connectivity index (χ3v) is 6.24. The molecule has 0 saturated heterocycles. The maximum atomic E-state index is 11.1. The van der Waals surface area contributed by atoms with Crippen molar-refractivity contribution in [2.45, 2.75) is 36.0 Å². The average Bonchev–Trinajstić information content (AvgIpc) is 2.58. The molecule has 0 atom stereocenters. The van der Waals surface area contributed by atoms with Gasteiger partial charge < -0.3 is 124 Å². The summed E-state index contributed by atoms with van der Waals surface area (Å²) in [6.45, 7) is 3.00. The molecule has 228 valence electrons. The molecule has 6 nitrogen and oxygen atoms in total. The van der Waals surface area contributed by atoms with E-state index in [1.165, 1.54) is 0 Å². The Labute approximate surface area is 310 Å². The van der Waals surface area contributed by atoms with Gasteiger partial charge in [0, 0.05) is 32.0 Å². The average molecular weight is 1010 g/mol. The van der Waals surface area contributed by atoms with E-state index < -0.39 is 0 Å². The van der Waals surface area contributed by atoms with Crippen LogP contribution in [0, 0.1) is 0 Å². The second-order valence-corrected chi connectivity index (χ2v) is 15.2. The van der Waals surface area contributed by atoms with E-state index in [9.17, 15) is 10.2 Å². The van der Waals surface area contributed by atoms with Crippen LogP contribution in [0.4, 0.5) is 0 Å². The highest BCUT2D eigenvalue weighted by molar-refractivity contribution is 7.99. The fourth-order valence-corrected chi connectivity index (χ4v) is 5.31. The number of aromatic hydroxyl groups is 2. The molecule has 0 saturated carbocycles. The van der Waals surface area contributed by atoms with Crippen LogP contribution < -0.4 is 95.9 Å². The summed E-state index contributed by atoms with van der Waals surface area (Å²) in [5.41, 5.74) is 3.90. The summed E-state index contributed by atoms with van der Waals surface area (Å²) >= 11 is 1.72. The van der Waals surface area contributed by atoms with E-state index in [4.69, 9.17) is 0 Å². The molecule has 0 aliphatic rings. The van der Waals surface area contributed by atoms with Crippen LogP contribution in [0.2, 0.25) is 0 Å². The van der Waals surface area contributed by atoms with Gasteiger partial charge in [0.25, 0.3) is 0 Å². The third kappa shape index (κ3) is 16.5. The Kier molecular flexibility index (Phi) is 19.3. The van der Waals surface area contributed by atoms with Gasteiger partial charge in [0.15, 0.2) is 0 Å². The zero-order valence-corrected chi connectivity index (χ0v) is 35.2. The minimum absolute atomic E-state index is 0. The molecule has 0 aliphatic carbocycles. The maximum absolute atomic E-state index is 11.1. The Hall–Kier alpha value is 1.15. The van der Waals surface area contributed by atoms with Gasteiger partial charge in [-0.1, -0.05) is 11.8 Å². The van der Waals surface area contributed by atoms with Crippen LogP contribution in [0.1, 0.15) is 22.3 Å². The lowest BCUT2D eigenvalue weighted by Gasteiger charge is -2.28. The van der Waals surface area contributed by atoms with Crippen molar-refractivity contribution in [3.05, 3.63) is 46.5 Å². The van der Waals surface area contributed by atoms with Crippen LogP contribution in [0.25, 0.3) is 0 Å². The molecule has 0 aromatic heterocycles. The minimum Gasteiger partial charge on any atom is -1.00 e. The monoisotopic (exact) mass is 1010 g/mol. The molecule has 0 aliphatic heterocycles. The molecule has 0 unspecified atom stereocenters. The molecular weight excluding hydrogens is 964 g/mol. The van der Waals surface area contributed by atoms with Crippen LogP contribution in [-0.4, -0.2) is 113 Å². The highest BCUT2D eigenvalue weighted by Gasteiger charge is 2.23. The topological polar surface area (TPSA) is 40.5 Å². The van der Waals surface area contributed by atoms with Crippen molar-refractivity contribution in [1.29, 1.82) is 0 Å². The largest absolute Gasteiger partial charge is 1.00 e. The van der Waals surface area contributed by atoms with Crippen LogP contribution >= 0.6 is 11.8 Å². The highest BCUT2D eigenvalue weighted by Crippen LogP contribution is 2.39. The van der Waals surface area contributed by atoms with Gasteiger partial charge in [0.2, 0.25) is 0 Å². The van der Waals surface area contributed by atoms with Gasteiger partial charge in [-0.05, 0) is 24.3 Å². The number of hydrogen-bond acceptors (Lipinski definition) is 3. The number of nitrogens with zero attached hydrogens (tertiary/aromatic N) is 4. The van der Waals surface area contributed by atoms with E-state index in [1.54, 1.807) is 11.8 Å². The number of hydrogen-bond donors (Lipinski definition) is 2. The predicted molar refractivity (Wildman–Crippen MR) is 147 cm³/mol. The van der Waals surface area contributed by atoms with Crippen molar-refractivity contribution in [3.63, 3.8) is 0 Å². The van der Waals surface area contributed by atoms with E-state index in [-0.39, 0.29) is 95.9 Å². The molecule has 0 bridgehead atoms. The van der Waals surface area contributed by atoms with Crippen LogP contribution in [0.3, 0.4) is 0 Å². The van der Waals surface area contributed by atoms with Crippen LogP contribution in [0.5, 0.6) is 11.5 Å². The lowest BCUT2D eigenvalue weighted by Crippen LogP contribution is -3.00. The van der Waals surface area contributed by atoms with Crippen molar-refractivity contribution in [2.75, 3.05) is 84.6 Å². The quantitative estimate of drug-likeness (QED) is 0.184. The summed E-state index contributed by atoms with van der Waals surface area (Å²) in [5.74, 6) is 0.829. The lowest BCUT2D eigenvalue weighted by molar-refractivity contribution is -0.884. The lowest BCUT2D eigenvalue weighted by atomic mass is 10.1. The van der Waals surface area contributed by atoms with Crippen LogP contribution in [-0.2, 0) is 26.2 Å². The molecular formula is C28H50I4N4O2S. The Morgan fingerprint density at radius 2 is 0.615 bits per heavy atom. The SMILES string of the molecule is C[N+](C)(C)Cc1cc(Sc2cc(C[N+](C)(C)C)c(O)c(C[N+](C)(C)C)c2)cc(C[N+](C)(C)C)c1O.[I-].[I-].[I-].[I-]. The van der Waals surface area contributed by atoms with Crippen LogP contribution in [0.15, 0.2) is 34.1 Å². The first-order valence-corrected chi connectivity index (χ1v) is 13.0. The number of phenolic OH excluding ortho intramolecular Hbond substituents is 2.